The highest BCUT2D eigenvalue weighted by Crippen LogP contribution is 2.19. The molecule has 4 heteroatoms. The summed E-state index contributed by atoms with van der Waals surface area (Å²) in [5, 5.41) is 19.0. The highest BCUT2D eigenvalue weighted by atomic mass is 16.3. The van der Waals surface area contributed by atoms with Crippen LogP contribution in [0.5, 0.6) is 0 Å². The molecule has 0 saturated carbocycles. The van der Waals surface area contributed by atoms with E-state index < -0.39 is 6.10 Å². The molecule has 0 bridgehead atoms. The Morgan fingerprint density at radius 3 is 2.63 bits per heavy atom. The van der Waals surface area contributed by atoms with Gasteiger partial charge in [-0.1, -0.05) is 12.1 Å². The highest BCUT2D eigenvalue weighted by Gasteiger charge is 2.25. The molecule has 0 aliphatic carbocycles. The van der Waals surface area contributed by atoms with Gasteiger partial charge in [0, 0.05) is 19.1 Å². The van der Waals surface area contributed by atoms with Crippen molar-refractivity contribution in [3.05, 3.63) is 35.4 Å². The Labute approximate surface area is 114 Å². The number of aliphatic hydroxyl groups is 1. The van der Waals surface area contributed by atoms with Crippen LogP contribution < -0.4 is 0 Å². The molecular formula is C15H21N3O. The number of hydrogen-bond acceptors (Lipinski definition) is 4. The number of likely N-dealkylation sites (N-methyl/N-ethyl adjacent to an activating group) is 1. The standard InChI is InChI=1S/C15H21N3O/c1-17(2)14-7-8-18(10-14)11-15(19)13-5-3-12(9-16)4-6-13/h3-6,14-15,19H,7-8,10-11H2,1-2H3. The van der Waals surface area contributed by atoms with Crippen LogP contribution in [-0.4, -0.2) is 54.7 Å². The molecule has 19 heavy (non-hydrogen) atoms. The van der Waals surface area contributed by atoms with E-state index >= 15 is 0 Å². The first-order valence-electron chi connectivity index (χ1n) is 6.67. The first-order chi connectivity index (χ1) is 9.10. The molecule has 1 fully saturated rings. The van der Waals surface area contributed by atoms with Crippen LogP contribution in [0.15, 0.2) is 24.3 Å². The van der Waals surface area contributed by atoms with E-state index in [1.54, 1.807) is 12.1 Å². The van der Waals surface area contributed by atoms with Crippen molar-refractivity contribution in [3.8, 4) is 6.07 Å². The third-order valence-corrected chi connectivity index (χ3v) is 3.83. The summed E-state index contributed by atoms with van der Waals surface area (Å²) in [7, 11) is 4.20. The molecule has 0 amide bonds. The molecular weight excluding hydrogens is 238 g/mol. The maximum atomic E-state index is 10.2. The molecule has 1 aliphatic heterocycles. The summed E-state index contributed by atoms with van der Waals surface area (Å²) in [6, 6.07) is 9.86. The number of nitriles is 1. The maximum absolute atomic E-state index is 10.2. The van der Waals surface area contributed by atoms with E-state index in [9.17, 15) is 5.11 Å². The van der Waals surface area contributed by atoms with Crippen LogP contribution in [0.1, 0.15) is 23.7 Å². The van der Waals surface area contributed by atoms with E-state index in [0.717, 1.165) is 25.1 Å². The molecule has 0 aromatic heterocycles. The lowest BCUT2D eigenvalue weighted by Gasteiger charge is -2.22. The van der Waals surface area contributed by atoms with Gasteiger partial charge in [-0.2, -0.15) is 5.26 Å². The lowest BCUT2D eigenvalue weighted by Crippen LogP contribution is -2.33. The normalized spacial score (nSPS) is 21.5. The Kier molecular flexibility index (Phi) is 4.54. The Bertz CT molecular complexity index is 449. The van der Waals surface area contributed by atoms with Crippen molar-refractivity contribution in [2.45, 2.75) is 18.6 Å². The predicted molar refractivity (Wildman–Crippen MR) is 74.6 cm³/mol. The van der Waals surface area contributed by atoms with Gasteiger partial charge in [-0.3, -0.25) is 4.90 Å². The van der Waals surface area contributed by atoms with E-state index in [0.29, 0.717) is 18.2 Å². The lowest BCUT2D eigenvalue weighted by atomic mass is 10.1. The van der Waals surface area contributed by atoms with E-state index in [-0.39, 0.29) is 0 Å². The molecule has 0 radical (unpaired) electrons. The summed E-state index contributed by atoms with van der Waals surface area (Å²) in [5.74, 6) is 0. The second-order valence-corrected chi connectivity index (χ2v) is 5.42. The van der Waals surface area contributed by atoms with Crippen LogP contribution >= 0.6 is 0 Å². The molecule has 1 heterocycles. The zero-order valence-corrected chi connectivity index (χ0v) is 11.6. The Morgan fingerprint density at radius 1 is 1.42 bits per heavy atom. The molecule has 1 saturated heterocycles. The number of rotatable bonds is 4. The number of likely N-dealkylation sites (tertiary alicyclic amines) is 1. The smallest absolute Gasteiger partial charge is 0.0991 e. The van der Waals surface area contributed by atoms with Crippen LogP contribution in [0.2, 0.25) is 0 Å². The largest absolute Gasteiger partial charge is 0.387 e. The van der Waals surface area contributed by atoms with Gasteiger partial charge in [0.25, 0.3) is 0 Å². The summed E-state index contributed by atoms with van der Waals surface area (Å²) < 4.78 is 0. The van der Waals surface area contributed by atoms with Crippen molar-refractivity contribution in [2.75, 3.05) is 33.7 Å². The molecule has 2 unspecified atom stereocenters. The van der Waals surface area contributed by atoms with Crippen LogP contribution in [0.3, 0.4) is 0 Å². The molecule has 1 aromatic carbocycles. The molecule has 2 atom stereocenters. The molecule has 1 N–H and O–H groups in total. The van der Waals surface area contributed by atoms with E-state index in [4.69, 9.17) is 5.26 Å². The third-order valence-electron chi connectivity index (χ3n) is 3.83. The molecule has 4 nitrogen and oxygen atoms in total. The number of benzene rings is 1. The fraction of sp³-hybridized carbons (Fsp3) is 0.533. The minimum absolute atomic E-state index is 0.478. The zero-order chi connectivity index (χ0) is 13.8. The minimum atomic E-state index is -0.478. The number of nitrogens with zero attached hydrogens (tertiary/aromatic N) is 3. The molecule has 102 valence electrons. The number of β-amino-alcohol motifs (C(OH)–C–C–N with tert-alkyl or cyclic N) is 1. The van der Waals surface area contributed by atoms with Gasteiger partial charge in [-0.25, -0.2) is 0 Å². The van der Waals surface area contributed by atoms with Gasteiger partial charge in [0.15, 0.2) is 0 Å². The first-order valence-corrected chi connectivity index (χ1v) is 6.67. The summed E-state index contributed by atoms with van der Waals surface area (Å²) >= 11 is 0. The maximum Gasteiger partial charge on any atom is 0.0991 e. The quantitative estimate of drug-likeness (QED) is 0.883. The highest BCUT2D eigenvalue weighted by molar-refractivity contribution is 5.32. The first kappa shape index (κ1) is 14.0. The fourth-order valence-electron chi connectivity index (χ4n) is 2.53. The fourth-order valence-corrected chi connectivity index (χ4v) is 2.53. The summed E-state index contributed by atoms with van der Waals surface area (Å²) in [6.07, 6.45) is 0.682. The monoisotopic (exact) mass is 259 g/mol. The Balaban J connectivity index is 1.90. The van der Waals surface area contributed by atoms with Crippen molar-refractivity contribution in [1.82, 2.24) is 9.80 Å². The zero-order valence-electron chi connectivity index (χ0n) is 11.6. The topological polar surface area (TPSA) is 50.5 Å². The van der Waals surface area contributed by atoms with Crippen molar-refractivity contribution >= 4 is 0 Å². The molecule has 1 aliphatic rings. The summed E-state index contributed by atoms with van der Waals surface area (Å²) in [6.45, 7) is 2.72. The van der Waals surface area contributed by atoms with Gasteiger partial charge < -0.3 is 10.0 Å². The second kappa shape index (κ2) is 6.16. The minimum Gasteiger partial charge on any atom is -0.387 e. The molecule has 2 rings (SSSR count). The summed E-state index contributed by atoms with van der Waals surface area (Å²) in [4.78, 5) is 4.54. The van der Waals surface area contributed by atoms with E-state index in [1.807, 2.05) is 12.1 Å². The third kappa shape index (κ3) is 3.54. The van der Waals surface area contributed by atoms with Gasteiger partial charge >= 0.3 is 0 Å². The van der Waals surface area contributed by atoms with Gasteiger partial charge in [-0.15, -0.1) is 0 Å². The molecule has 0 spiro atoms. The van der Waals surface area contributed by atoms with Crippen molar-refractivity contribution in [2.24, 2.45) is 0 Å². The lowest BCUT2D eigenvalue weighted by molar-refractivity contribution is 0.122. The Morgan fingerprint density at radius 2 is 2.11 bits per heavy atom. The average Bonchev–Trinajstić information content (AvgIpc) is 2.87. The summed E-state index contributed by atoms with van der Waals surface area (Å²) in [5.41, 5.74) is 1.51. The van der Waals surface area contributed by atoms with E-state index in [2.05, 4.69) is 30.0 Å². The van der Waals surface area contributed by atoms with Crippen LogP contribution in [0, 0.1) is 11.3 Å². The van der Waals surface area contributed by atoms with Crippen molar-refractivity contribution < 1.29 is 5.11 Å². The predicted octanol–water partition coefficient (Wildman–Crippen LogP) is 1.23. The van der Waals surface area contributed by atoms with E-state index in [1.165, 1.54) is 0 Å². The average molecular weight is 259 g/mol. The van der Waals surface area contributed by atoms with Crippen molar-refractivity contribution in [3.63, 3.8) is 0 Å². The SMILES string of the molecule is CN(C)C1CCN(CC(O)c2ccc(C#N)cc2)C1. The number of aliphatic hydroxyl groups excluding tert-OH is 1. The van der Waals surface area contributed by atoms with Crippen LogP contribution in [0.4, 0.5) is 0 Å². The van der Waals surface area contributed by atoms with Crippen molar-refractivity contribution in [1.29, 1.82) is 5.26 Å². The van der Waals surface area contributed by atoms with Crippen LogP contribution in [-0.2, 0) is 0 Å². The van der Waals surface area contributed by atoms with Gasteiger partial charge in [-0.05, 0) is 44.8 Å². The van der Waals surface area contributed by atoms with Gasteiger partial charge in [0.1, 0.15) is 0 Å². The Hall–Kier alpha value is -1.41. The van der Waals surface area contributed by atoms with Crippen LogP contribution in [0.25, 0.3) is 0 Å². The number of hydrogen-bond donors (Lipinski definition) is 1. The van der Waals surface area contributed by atoms with Gasteiger partial charge in [0.05, 0.1) is 17.7 Å². The second-order valence-electron chi connectivity index (χ2n) is 5.42. The molecule has 1 aromatic rings. The van der Waals surface area contributed by atoms with Gasteiger partial charge in [0.2, 0.25) is 0 Å².